The monoisotopic (exact) mass is 227 g/mol. The second-order valence-corrected chi connectivity index (χ2v) is 3.78. The summed E-state index contributed by atoms with van der Waals surface area (Å²) in [5.74, 6) is -0.542. The van der Waals surface area contributed by atoms with Crippen LogP contribution in [0.5, 0.6) is 5.75 Å². The lowest BCUT2D eigenvalue weighted by Crippen LogP contribution is -2.17. The van der Waals surface area contributed by atoms with E-state index in [0.717, 1.165) is 12.1 Å². The summed E-state index contributed by atoms with van der Waals surface area (Å²) in [5.41, 5.74) is -0.103. The molecular formula is C11H14FNO3. The number of carbonyl (C=O) groups excluding carboxylic acids is 1. The highest BCUT2D eigenvalue weighted by atomic mass is 19.1. The molecule has 0 saturated carbocycles. The van der Waals surface area contributed by atoms with Crippen LogP contribution in [-0.2, 0) is 4.74 Å². The van der Waals surface area contributed by atoms with Crippen molar-refractivity contribution in [3.8, 4) is 5.75 Å². The van der Waals surface area contributed by atoms with Crippen LogP contribution in [0.15, 0.2) is 18.2 Å². The van der Waals surface area contributed by atoms with Crippen molar-refractivity contribution < 1.29 is 19.0 Å². The Morgan fingerprint density at radius 3 is 2.88 bits per heavy atom. The van der Waals surface area contributed by atoms with E-state index in [1.165, 1.54) is 6.07 Å². The molecule has 0 fully saturated rings. The lowest BCUT2D eigenvalue weighted by Gasteiger charge is -2.09. The molecule has 16 heavy (non-hydrogen) atoms. The Bertz CT molecular complexity index is 379. The third-order valence-electron chi connectivity index (χ3n) is 1.73. The van der Waals surface area contributed by atoms with E-state index in [-0.39, 0.29) is 24.0 Å². The summed E-state index contributed by atoms with van der Waals surface area (Å²) >= 11 is 0. The van der Waals surface area contributed by atoms with Crippen LogP contribution in [0.1, 0.15) is 13.8 Å². The smallest absolute Gasteiger partial charge is 0.411 e. The minimum Gasteiger partial charge on any atom is -0.508 e. The van der Waals surface area contributed by atoms with Gasteiger partial charge in [0.1, 0.15) is 11.6 Å². The van der Waals surface area contributed by atoms with Crippen molar-refractivity contribution in [2.75, 3.05) is 11.9 Å². The van der Waals surface area contributed by atoms with Gasteiger partial charge in [-0.05, 0) is 18.1 Å². The first-order chi connectivity index (χ1) is 7.49. The minimum absolute atomic E-state index is 0.103. The molecule has 0 spiro atoms. The van der Waals surface area contributed by atoms with Crippen molar-refractivity contribution in [2.24, 2.45) is 5.92 Å². The molecule has 0 radical (unpaired) electrons. The summed E-state index contributed by atoms with van der Waals surface area (Å²) in [6, 6.07) is 3.37. The predicted molar refractivity (Wildman–Crippen MR) is 57.9 cm³/mol. The van der Waals surface area contributed by atoms with Crippen LogP contribution in [-0.4, -0.2) is 17.8 Å². The molecule has 0 saturated heterocycles. The van der Waals surface area contributed by atoms with Crippen LogP contribution in [0.4, 0.5) is 14.9 Å². The lowest BCUT2D eigenvalue weighted by atomic mass is 10.2. The van der Waals surface area contributed by atoms with Gasteiger partial charge in [0.2, 0.25) is 0 Å². The number of ether oxygens (including phenoxy) is 1. The third kappa shape index (κ3) is 3.76. The molecule has 0 atom stereocenters. The molecule has 88 valence electrons. The summed E-state index contributed by atoms with van der Waals surface area (Å²) in [4.78, 5) is 11.2. The van der Waals surface area contributed by atoms with E-state index < -0.39 is 11.9 Å². The maximum Gasteiger partial charge on any atom is 0.411 e. The van der Waals surface area contributed by atoms with Gasteiger partial charge in [0, 0.05) is 6.07 Å². The number of anilines is 1. The summed E-state index contributed by atoms with van der Waals surface area (Å²) in [5, 5.41) is 11.3. The maximum atomic E-state index is 13.1. The van der Waals surface area contributed by atoms with Crippen LogP contribution in [0.2, 0.25) is 0 Å². The molecule has 0 bridgehead atoms. The number of hydrogen-bond acceptors (Lipinski definition) is 3. The van der Waals surface area contributed by atoms with Gasteiger partial charge in [-0.3, -0.25) is 5.32 Å². The summed E-state index contributed by atoms with van der Waals surface area (Å²) in [6.45, 7) is 4.04. The van der Waals surface area contributed by atoms with Crippen molar-refractivity contribution >= 4 is 11.8 Å². The Morgan fingerprint density at radius 1 is 1.56 bits per heavy atom. The topological polar surface area (TPSA) is 58.6 Å². The van der Waals surface area contributed by atoms with Gasteiger partial charge >= 0.3 is 6.09 Å². The Kier molecular flexibility index (Phi) is 4.10. The molecule has 0 aliphatic heterocycles. The van der Waals surface area contributed by atoms with E-state index in [1.807, 2.05) is 13.8 Å². The molecule has 0 aromatic heterocycles. The molecule has 1 rings (SSSR count). The highest BCUT2D eigenvalue weighted by Gasteiger charge is 2.09. The lowest BCUT2D eigenvalue weighted by molar-refractivity contribution is 0.147. The van der Waals surface area contributed by atoms with Gasteiger partial charge in [-0.25, -0.2) is 9.18 Å². The Labute approximate surface area is 93.0 Å². The Balaban J connectivity index is 2.59. The quantitative estimate of drug-likeness (QED) is 0.834. The number of benzene rings is 1. The standard InChI is InChI=1S/C11H14FNO3/c1-7(2)6-16-11(15)13-10-5-8(14)3-4-9(10)12/h3-5,7,14H,6H2,1-2H3,(H,13,15). The fourth-order valence-corrected chi connectivity index (χ4v) is 0.997. The Morgan fingerprint density at radius 2 is 2.25 bits per heavy atom. The van der Waals surface area contributed by atoms with Crippen LogP contribution in [0.25, 0.3) is 0 Å². The zero-order valence-electron chi connectivity index (χ0n) is 9.16. The van der Waals surface area contributed by atoms with Crippen molar-refractivity contribution in [3.63, 3.8) is 0 Å². The minimum atomic E-state index is -0.738. The molecular weight excluding hydrogens is 213 g/mol. The van der Waals surface area contributed by atoms with E-state index >= 15 is 0 Å². The number of phenolic OH excluding ortho intramolecular Hbond substituents is 1. The van der Waals surface area contributed by atoms with Crippen LogP contribution < -0.4 is 5.32 Å². The fraction of sp³-hybridized carbons (Fsp3) is 0.364. The van der Waals surface area contributed by atoms with E-state index in [0.29, 0.717) is 0 Å². The molecule has 4 nitrogen and oxygen atoms in total. The van der Waals surface area contributed by atoms with Crippen molar-refractivity contribution in [1.29, 1.82) is 0 Å². The number of carbonyl (C=O) groups is 1. The molecule has 0 heterocycles. The van der Waals surface area contributed by atoms with Crippen molar-refractivity contribution in [1.82, 2.24) is 0 Å². The summed E-state index contributed by atoms with van der Waals surface area (Å²) in [7, 11) is 0. The molecule has 0 unspecified atom stereocenters. The predicted octanol–water partition coefficient (Wildman–Crippen LogP) is 2.74. The highest BCUT2D eigenvalue weighted by Crippen LogP contribution is 2.20. The molecule has 0 aliphatic carbocycles. The van der Waals surface area contributed by atoms with Gasteiger partial charge in [-0.1, -0.05) is 13.8 Å². The first kappa shape index (κ1) is 12.3. The molecule has 2 N–H and O–H groups in total. The van der Waals surface area contributed by atoms with E-state index in [9.17, 15) is 9.18 Å². The van der Waals surface area contributed by atoms with Gasteiger partial charge in [-0.2, -0.15) is 0 Å². The molecule has 1 aromatic carbocycles. The molecule has 0 aliphatic rings. The summed E-state index contributed by atoms with van der Waals surface area (Å²) in [6.07, 6.45) is -0.738. The summed E-state index contributed by atoms with van der Waals surface area (Å²) < 4.78 is 18.0. The SMILES string of the molecule is CC(C)COC(=O)Nc1cc(O)ccc1F. The van der Waals surface area contributed by atoms with E-state index in [1.54, 1.807) is 0 Å². The Hall–Kier alpha value is -1.78. The van der Waals surface area contributed by atoms with Crippen LogP contribution in [0.3, 0.4) is 0 Å². The number of rotatable bonds is 3. The zero-order valence-corrected chi connectivity index (χ0v) is 9.16. The van der Waals surface area contributed by atoms with Gasteiger partial charge in [0.05, 0.1) is 12.3 Å². The number of nitrogens with one attached hydrogen (secondary N) is 1. The fourth-order valence-electron chi connectivity index (χ4n) is 0.997. The second-order valence-electron chi connectivity index (χ2n) is 3.78. The average Bonchev–Trinajstić information content (AvgIpc) is 2.20. The van der Waals surface area contributed by atoms with Gasteiger partial charge in [-0.15, -0.1) is 0 Å². The van der Waals surface area contributed by atoms with E-state index in [4.69, 9.17) is 9.84 Å². The number of hydrogen-bond donors (Lipinski definition) is 2. The van der Waals surface area contributed by atoms with Gasteiger partial charge < -0.3 is 9.84 Å². The number of amides is 1. The van der Waals surface area contributed by atoms with Crippen molar-refractivity contribution in [3.05, 3.63) is 24.0 Å². The number of aromatic hydroxyl groups is 1. The highest BCUT2D eigenvalue weighted by molar-refractivity contribution is 5.85. The maximum absolute atomic E-state index is 13.1. The average molecular weight is 227 g/mol. The van der Waals surface area contributed by atoms with Gasteiger partial charge in [0.25, 0.3) is 0 Å². The number of halogens is 1. The molecule has 5 heteroatoms. The first-order valence-corrected chi connectivity index (χ1v) is 4.91. The second kappa shape index (κ2) is 5.34. The van der Waals surface area contributed by atoms with Crippen LogP contribution in [0, 0.1) is 11.7 Å². The van der Waals surface area contributed by atoms with E-state index in [2.05, 4.69) is 5.32 Å². The largest absolute Gasteiger partial charge is 0.508 e. The number of phenols is 1. The molecule has 1 aromatic rings. The van der Waals surface area contributed by atoms with Crippen molar-refractivity contribution in [2.45, 2.75) is 13.8 Å². The van der Waals surface area contributed by atoms with Crippen LogP contribution >= 0.6 is 0 Å². The normalized spacial score (nSPS) is 10.2. The third-order valence-corrected chi connectivity index (χ3v) is 1.73. The first-order valence-electron chi connectivity index (χ1n) is 4.91. The van der Waals surface area contributed by atoms with Gasteiger partial charge in [0.15, 0.2) is 0 Å². The molecule has 1 amide bonds. The zero-order chi connectivity index (χ0) is 12.1.